The van der Waals surface area contributed by atoms with Crippen LogP contribution in [0.25, 0.3) is 0 Å². The molecule has 1 aliphatic heterocycles. The van der Waals surface area contributed by atoms with Gasteiger partial charge in [-0.15, -0.1) is 0 Å². The molecule has 0 saturated carbocycles. The van der Waals surface area contributed by atoms with Crippen LogP contribution in [0.4, 0.5) is 25.2 Å². The number of aromatic nitrogens is 2. The Kier molecular flexibility index (Phi) is 5.97. The second-order valence-electron chi connectivity index (χ2n) is 6.00. The van der Waals surface area contributed by atoms with E-state index in [2.05, 4.69) is 15.3 Å². The van der Waals surface area contributed by atoms with Gasteiger partial charge in [0.25, 0.3) is 5.91 Å². The highest BCUT2D eigenvalue weighted by Gasteiger charge is 2.24. The lowest BCUT2D eigenvalue weighted by molar-refractivity contribution is 0.102. The van der Waals surface area contributed by atoms with Crippen LogP contribution in [0.15, 0.2) is 30.5 Å². The summed E-state index contributed by atoms with van der Waals surface area (Å²) in [5.74, 6) is -2.27. The summed E-state index contributed by atoms with van der Waals surface area (Å²) in [4.78, 5) is 36.0. The van der Waals surface area contributed by atoms with E-state index < -0.39 is 17.5 Å². The summed E-state index contributed by atoms with van der Waals surface area (Å²) in [6.45, 7) is 3.96. The minimum absolute atomic E-state index is 0.0857. The Morgan fingerprint density at radius 3 is 2.57 bits per heavy atom. The molecule has 1 aliphatic rings. The van der Waals surface area contributed by atoms with Gasteiger partial charge >= 0.3 is 6.09 Å². The van der Waals surface area contributed by atoms with Crippen molar-refractivity contribution in [1.82, 2.24) is 14.9 Å². The van der Waals surface area contributed by atoms with Crippen molar-refractivity contribution < 1.29 is 23.1 Å². The Hall–Kier alpha value is -3.30. The predicted octanol–water partition coefficient (Wildman–Crippen LogP) is 2.29. The van der Waals surface area contributed by atoms with Gasteiger partial charge in [-0.2, -0.15) is 0 Å². The normalized spacial score (nSPS) is 14.0. The van der Waals surface area contributed by atoms with Crippen LogP contribution in [0.5, 0.6) is 0 Å². The highest BCUT2D eigenvalue weighted by atomic mass is 19.2. The quantitative estimate of drug-likeness (QED) is 0.861. The van der Waals surface area contributed by atoms with Gasteiger partial charge in [0, 0.05) is 44.1 Å². The molecule has 0 atom stereocenters. The van der Waals surface area contributed by atoms with Crippen molar-refractivity contribution in [2.75, 3.05) is 43.0 Å². The molecule has 2 heterocycles. The number of anilines is 2. The molecule has 1 saturated heterocycles. The number of carbonyl (C=O) groups excluding carboxylic acids is 2. The number of hydrogen-bond donors (Lipinski definition) is 1. The molecule has 1 aromatic carbocycles. The number of rotatable bonds is 4. The van der Waals surface area contributed by atoms with Crippen molar-refractivity contribution in [3.63, 3.8) is 0 Å². The lowest BCUT2D eigenvalue weighted by Gasteiger charge is -2.34. The van der Waals surface area contributed by atoms with Gasteiger partial charge in [-0.3, -0.25) is 4.79 Å². The fraction of sp³-hybridized carbons (Fsp3) is 0.333. The van der Waals surface area contributed by atoms with Crippen LogP contribution in [-0.2, 0) is 4.74 Å². The second-order valence-corrected chi connectivity index (χ2v) is 6.00. The van der Waals surface area contributed by atoms with E-state index in [0.29, 0.717) is 38.7 Å². The number of hydrogen-bond acceptors (Lipinski definition) is 6. The van der Waals surface area contributed by atoms with Crippen LogP contribution in [0, 0.1) is 11.6 Å². The molecule has 0 spiro atoms. The molecule has 2 amide bonds. The first-order valence-corrected chi connectivity index (χ1v) is 8.74. The lowest BCUT2D eigenvalue weighted by atomic mass is 10.3. The zero-order valence-electron chi connectivity index (χ0n) is 15.2. The zero-order valence-corrected chi connectivity index (χ0v) is 15.2. The SMILES string of the molecule is CCOC(=O)N1CCN(c2nccc(C(=O)Nc3ccc(F)c(F)c3)n2)CC1. The Labute approximate surface area is 160 Å². The first kappa shape index (κ1) is 19.5. The molecule has 2 aromatic rings. The fourth-order valence-electron chi connectivity index (χ4n) is 2.70. The van der Waals surface area contributed by atoms with Gasteiger partial charge in [0.15, 0.2) is 11.6 Å². The van der Waals surface area contributed by atoms with Gasteiger partial charge in [0.1, 0.15) is 5.69 Å². The van der Waals surface area contributed by atoms with Crippen LogP contribution in [0.1, 0.15) is 17.4 Å². The van der Waals surface area contributed by atoms with Crippen molar-refractivity contribution in [3.8, 4) is 0 Å². The summed E-state index contributed by atoms with van der Waals surface area (Å²) in [6, 6.07) is 4.50. The third-order valence-corrected chi connectivity index (χ3v) is 4.14. The number of ether oxygens (including phenoxy) is 1. The number of halogens is 2. The first-order chi connectivity index (χ1) is 13.5. The van der Waals surface area contributed by atoms with Gasteiger partial charge in [-0.1, -0.05) is 0 Å². The van der Waals surface area contributed by atoms with Gasteiger partial charge in [0.05, 0.1) is 6.61 Å². The number of piperazine rings is 1. The Bertz CT molecular complexity index is 872. The van der Waals surface area contributed by atoms with Crippen LogP contribution in [0.3, 0.4) is 0 Å². The van der Waals surface area contributed by atoms with Gasteiger partial charge in [-0.25, -0.2) is 23.5 Å². The Balaban J connectivity index is 1.64. The summed E-state index contributed by atoms with van der Waals surface area (Å²) in [7, 11) is 0. The minimum atomic E-state index is -1.05. The lowest BCUT2D eigenvalue weighted by Crippen LogP contribution is -2.49. The summed E-state index contributed by atoms with van der Waals surface area (Å²) < 4.78 is 31.3. The smallest absolute Gasteiger partial charge is 0.409 e. The third kappa shape index (κ3) is 4.51. The van der Waals surface area contributed by atoms with Crippen molar-refractivity contribution in [2.45, 2.75) is 6.92 Å². The molecule has 0 bridgehead atoms. The molecule has 10 heteroatoms. The molecule has 1 aromatic heterocycles. The molecule has 148 valence electrons. The van der Waals surface area contributed by atoms with E-state index in [1.807, 2.05) is 4.90 Å². The molecule has 3 rings (SSSR count). The van der Waals surface area contributed by atoms with Crippen LogP contribution in [0.2, 0.25) is 0 Å². The van der Waals surface area contributed by atoms with E-state index in [9.17, 15) is 18.4 Å². The molecule has 0 unspecified atom stereocenters. The molecule has 1 N–H and O–H groups in total. The average molecular weight is 391 g/mol. The van der Waals surface area contributed by atoms with Gasteiger partial charge in [0.2, 0.25) is 5.95 Å². The monoisotopic (exact) mass is 391 g/mol. The topological polar surface area (TPSA) is 87.7 Å². The Morgan fingerprint density at radius 2 is 1.89 bits per heavy atom. The largest absolute Gasteiger partial charge is 0.450 e. The van der Waals surface area contributed by atoms with E-state index in [1.165, 1.54) is 18.3 Å². The third-order valence-electron chi connectivity index (χ3n) is 4.14. The summed E-state index contributed by atoms with van der Waals surface area (Å²) in [5, 5.41) is 2.47. The highest BCUT2D eigenvalue weighted by Crippen LogP contribution is 2.16. The maximum absolute atomic E-state index is 13.3. The van der Waals surface area contributed by atoms with Crippen molar-refractivity contribution in [3.05, 3.63) is 47.8 Å². The van der Waals surface area contributed by atoms with Crippen LogP contribution in [-0.4, -0.2) is 59.7 Å². The summed E-state index contributed by atoms with van der Waals surface area (Å²) in [5.41, 5.74) is 0.203. The zero-order chi connectivity index (χ0) is 20.1. The van der Waals surface area contributed by atoms with Gasteiger partial charge < -0.3 is 19.9 Å². The van der Waals surface area contributed by atoms with E-state index in [1.54, 1.807) is 11.8 Å². The van der Waals surface area contributed by atoms with E-state index in [0.717, 1.165) is 12.1 Å². The van der Waals surface area contributed by atoms with E-state index in [4.69, 9.17) is 4.74 Å². The number of carbonyl (C=O) groups is 2. The Morgan fingerprint density at radius 1 is 1.14 bits per heavy atom. The number of nitrogens with zero attached hydrogens (tertiary/aromatic N) is 4. The fourth-order valence-corrected chi connectivity index (χ4v) is 2.70. The maximum Gasteiger partial charge on any atom is 0.409 e. The van der Waals surface area contributed by atoms with Crippen molar-refractivity contribution in [1.29, 1.82) is 0 Å². The summed E-state index contributed by atoms with van der Waals surface area (Å²) in [6.07, 6.45) is 1.09. The molecule has 0 aliphatic carbocycles. The standard InChI is InChI=1S/C18H19F2N5O3/c1-2-28-18(27)25-9-7-24(8-10-25)17-21-6-5-15(23-17)16(26)22-12-3-4-13(19)14(20)11-12/h3-6,11H,2,7-10H2,1H3,(H,22,26). The predicted molar refractivity (Wildman–Crippen MR) is 97.2 cm³/mol. The molecule has 28 heavy (non-hydrogen) atoms. The number of nitrogens with one attached hydrogen (secondary N) is 1. The summed E-state index contributed by atoms with van der Waals surface area (Å²) >= 11 is 0. The highest BCUT2D eigenvalue weighted by molar-refractivity contribution is 6.02. The van der Waals surface area contributed by atoms with Crippen LogP contribution < -0.4 is 10.2 Å². The molecular formula is C18H19F2N5O3. The number of benzene rings is 1. The molecule has 8 nitrogen and oxygen atoms in total. The van der Waals surface area contributed by atoms with Gasteiger partial charge in [-0.05, 0) is 25.1 Å². The molecular weight excluding hydrogens is 372 g/mol. The maximum atomic E-state index is 13.3. The van der Waals surface area contributed by atoms with Crippen molar-refractivity contribution in [2.24, 2.45) is 0 Å². The average Bonchev–Trinajstić information content (AvgIpc) is 2.71. The second kappa shape index (κ2) is 8.59. The number of amides is 2. The van der Waals surface area contributed by atoms with Crippen molar-refractivity contribution >= 4 is 23.6 Å². The molecule has 1 fully saturated rings. The van der Waals surface area contributed by atoms with E-state index >= 15 is 0 Å². The minimum Gasteiger partial charge on any atom is -0.450 e. The first-order valence-electron chi connectivity index (χ1n) is 8.74. The van der Waals surface area contributed by atoms with E-state index in [-0.39, 0.29) is 17.5 Å². The molecule has 0 radical (unpaired) electrons. The van der Waals surface area contributed by atoms with Crippen LogP contribution >= 0.6 is 0 Å².